The van der Waals surface area contributed by atoms with Crippen LogP contribution in [0.25, 0.3) is 11.1 Å². The molecule has 0 atom stereocenters. The number of halogens is 4. The average molecular weight is 271 g/mol. The van der Waals surface area contributed by atoms with E-state index in [-0.39, 0.29) is 5.69 Å². The van der Waals surface area contributed by atoms with E-state index in [0.29, 0.717) is 11.1 Å². The number of alkyl halides is 3. The maximum Gasteiger partial charge on any atom is 0.573 e. The molecule has 2 N–H and O–H groups in total. The van der Waals surface area contributed by atoms with Crippen molar-refractivity contribution in [1.82, 2.24) is 0 Å². The van der Waals surface area contributed by atoms with Gasteiger partial charge in [0.05, 0.1) is 5.69 Å². The van der Waals surface area contributed by atoms with Crippen LogP contribution in [0.4, 0.5) is 23.2 Å². The Morgan fingerprint density at radius 3 is 2.00 bits per heavy atom. The van der Waals surface area contributed by atoms with E-state index in [9.17, 15) is 17.6 Å². The second kappa shape index (κ2) is 4.79. The minimum Gasteiger partial charge on any atom is -0.404 e. The van der Waals surface area contributed by atoms with Gasteiger partial charge in [-0.25, -0.2) is 4.39 Å². The van der Waals surface area contributed by atoms with Gasteiger partial charge >= 0.3 is 6.36 Å². The third-order valence-electron chi connectivity index (χ3n) is 2.41. The molecule has 0 fully saturated rings. The van der Waals surface area contributed by atoms with Gasteiger partial charge in [0, 0.05) is 0 Å². The van der Waals surface area contributed by atoms with Crippen LogP contribution in [0.3, 0.4) is 0 Å². The van der Waals surface area contributed by atoms with Gasteiger partial charge in [-0.1, -0.05) is 18.2 Å². The summed E-state index contributed by atoms with van der Waals surface area (Å²) in [6.07, 6.45) is -4.79. The Labute approximate surface area is 106 Å². The number of rotatable bonds is 2. The Bertz CT molecular complexity index is 578. The van der Waals surface area contributed by atoms with Crippen LogP contribution >= 0.6 is 0 Å². The fraction of sp³-hybridized carbons (Fsp3) is 0.0769. The molecule has 2 nitrogen and oxygen atoms in total. The first-order valence-corrected chi connectivity index (χ1v) is 5.26. The van der Waals surface area contributed by atoms with Crippen LogP contribution < -0.4 is 10.5 Å². The summed E-state index contributed by atoms with van der Waals surface area (Å²) in [5, 5.41) is 0. The predicted molar refractivity (Wildman–Crippen MR) is 62.9 cm³/mol. The molecule has 0 unspecified atom stereocenters. The number of ether oxygens (including phenoxy) is 1. The third-order valence-corrected chi connectivity index (χ3v) is 2.41. The van der Waals surface area contributed by atoms with Crippen molar-refractivity contribution >= 4 is 5.69 Å². The summed E-state index contributed by atoms with van der Waals surface area (Å²) in [6, 6.07) is 9.42. The lowest BCUT2D eigenvalue weighted by Gasteiger charge is -2.12. The van der Waals surface area contributed by atoms with E-state index in [4.69, 9.17) is 5.73 Å². The fourth-order valence-corrected chi connectivity index (χ4v) is 1.59. The van der Waals surface area contributed by atoms with Gasteiger partial charge in [0.1, 0.15) is 5.82 Å². The highest BCUT2D eigenvalue weighted by Crippen LogP contribution is 2.32. The smallest absolute Gasteiger partial charge is 0.404 e. The van der Waals surface area contributed by atoms with Gasteiger partial charge in [0.25, 0.3) is 0 Å². The second-order valence-corrected chi connectivity index (χ2v) is 3.81. The Balaban J connectivity index is 2.31. The average Bonchev–Trinajstić information content (AvgIpc) is 2.31. The molecule has 0 aromatic heterocycles. The summed E-state index contributed by atoms with van der Waals surface area (Å²) in [5.41, 5.74) is 6.58. The number of anilines is 1. The van der Waals surface area contributed by atoms with Gasteiger partial charge in [-0.2, -0.15) is 0 Å². The van der Waals surface area contributed by atoms with Gasteiger partial charge in [0.2, 0.25) is 0 Å². The van der Waals surface area contributed by atoms with E-state index < -0.39 is 17.9 Å². The molecule has 0 heterocycles. The van der Waals surface area contributed by atoms with Crippen LogP contribution in [0.15, 0.2) is 42.5 Å². The Kier molecular flexibility index (Phi) is 3.33. The quantitative estimate of drug-likeness (QED) is 0.662. The molecule has 0 aliphatic rings. The molecule has 100 valence electrons. The number of nitrogen functional groups attached to an aromatic ring is 1. The van der Waals surface area contributed by atoms with Crippen molar-refractivity contribution in [3.63, 3.8) is 0 Å². The van der Waals surface area contributed by atoms with Gasteiger partial charge in [-0.05, 0) is 35.4 Å². The molecule has 19 heavy (non-hydrogen) atoms. The highest BCUT2D eigenvalue weighted by Gasteiger charge is 2.31. The van der Waals surface area contributed by atoms with Gasteiger partial charge in [-0.3, -0.25) is 0 Å². The molecule has 2 aromatic rings. The molecular weight excluding hydrogens is 262 g/mol. The van der Waals surface area contributed by atoms with E-state index in [0.717, 1.165) is 6.07 Å². The first-order valence-electron chi connectivity index (χ1n) is 5.26. The largest absolute Gasteiger partial charge is 0.573 e. The number of benzene rings is 2. The van der Waals surface area contributed by atoms with E-state index in [2.05, 4.69) is 4.74 Å². The van der Waals surface area contributed by atoms with Crippen LogP contribution in [0.1, 0.15) is 0 Å². The zero-order valence-electron chi connectivity index (χ0n) is 9.54. The van der Waals surface area contributed by atoms with E-state index in [1.54, 1.807) is 0 Å². The zero-order valence-corrected chi connectivity index (χ0v) is 9.54. The molecule has 0 bridgehead atoms. The Hall–Kier alpha value is -2.24. The van der Waals surface area contributed by atoms with E-state index in [1.807, 2.05) is 0 Å². The van der Waals surface area contributed by atoms with E-state index >= 15 is 0 Å². The van der Waals surface area contributed by atoms with Crippen molar-refractivity contribution in [2.45, 2.75) is 6.36 Å². The van der Waals surface area contributed by atoms with Crippen molar-refractivity contribution in [3.05, 3.63) is 48.3 Å². The number of nitrogens with two attached hydrogens (primary N) is 1. The molecular formula is C13H9F4NO. The second-order valence-electron chi connectivity index (χ2n) is 3.81. The van der Waals surface area contributed by atoms with Crippen molar-refractivity contribution in [2.24, 2.45) is 0 Å². The Morgan fingerprint density at radius 2 is 1.47 bits per heavy atom. The number of hydrogen-bond acceptors (Lipinski definition) is 2. The normalized spacial score (nSPS) is 11.4. The molecule has 6 heteroatoms. The SMILES string of the molecule is Nc1cc(-c2ccc(F)cc2)ccc1OC(F)(F)F. The maximum absolute atomic E-state index is 12.8. The van der Waals surface area contributed by atoms with Crippen LogP contribution in [-0.2, 0) is 0 Å². The summed E-state index contributed by atoms with van der Waals surface area (Å²) in [6.45, 7) is 0. The Morgan fingerprint density at radius 1 is 0.895 bits per heavy atom. The minimum absolute atomic E-state index is 0.140. The van der Waals surface area contributed by atoms with Crippen LogP contribution in [-0.4, -0.2) is 6.36 Å². The first-order chi connectivity index (χ1) is 8.85. The fourth-order valence-electron chi connectivity index (χ4n) is 1.59. The van der Waals surface area contributed by atoms with Gasteiger partial charge in [-0.15, -0.1) is 13.2 Å². The van der Waals surface area contributed by atoms with Crippen molar-refractivity contribution in [1.29, 1.82) is 0 Å². The monoisotopic (exact) mass is 271 g/mol. The van der Waals surface area contributed by atoms with Crippen LogP contribution in [0, 0.1) is 5.82 Å². The summed E-state index contributed by atoms with van der Waals surface area (Å²) in [4.78, 5) is 0. The minimum atomic E-state index is -4.79. The zero-order chi connectivity index (χ0) is 14.0. The van der Waals surface area contributed by atoms with E-state index in [1.165, 1.54) is 36.4 Å². The highest BCUT2D eigenvalue weighted by molar-refractivity contribution is 5.70. The maximum atomic E-state index is 12.8. The lowest BCUT2D eigenvalue weighted by atomic mass is 10.0. The lowest BCUT2D eigenvalue weighted by molar-refractivity contribution is -0.274. The topological polar surface area (TPSA) is 35.2 Å². The molecule has 0 saturated heterocycles. The van der Waals surface area contributed by atoms with Crippen LogP contribution in [0.2, 0.25) is 0 Å². The van der Waals surface area contributed by atoms with Crippen molar-refractivity contribution in [2.75, 3.05) is 5.73 Å². The van der Waals surface area contributed by atoms with Gasteiger partial charge in [0.15, 0.2) is 5.75 Å². The summed E-state index contributed by atoms with van der Waals surface area (Å²) in [7, 11) is 0. The molecule has 0 aliphatic carbocycles. The van der Waals surface area contributed by atoms with Crippen molar-refractivity contribution in [3.8, 4) is 16.9 Å². The molecule has 0 amide bonds. The molecule has 0 spiro atoms. The molecule has 2 rings (SSSR count). The lowest BCUT2D eigenvalue weighted by Crippen LogP contribution is -2.17. The highest BCUT2D eigenvalue weighted by atomic mass is 19.4. The van der Waals surface area contributed by atoms with Crippen LogP contribution in [0.5, 0.6) is 5.75 Å². The first kappa shape index (κ1) is 13.2. The van der Waals surface area contributed by atoms with Gasteiger partial charge < -0.3 is 10.5 Å². The third kappa shape index (κ3) is 3.37. The number of hydrogen-bond donors (Lipinski definition) is 1. The molecule has 0 aliphatic heterocycles. The molecule has 2 aromatic carbocycles. The summed E-state index contributed by atoms with van der Waals surface area (Å²) in [5.74, 6) is -0.855. The van der Waals surface area contributed by atoms with Crippen molar-refractivity contribution < 1.29 is 22.3 Å². The summed E-state index contributed by atoms with van der Waals surface area (Å²) < 4.78 is 52.7. The standard InChI is InChI=1S/C13H9F4NO/c14-10-4-1-8(2-5-10)9-3-6-12(11(18)7-9)19-13(15,16)17/h1-7H,18H2. The predicted octanol–water partition coefficient (Wildman–Crippen LogP) is 3.97. The summed E-state index contributed by atoms with van der Waals surface area (Å²) >= 11 is 0. The molecule has 0 radical (unpaired) electrons. The molecule has 0 saturated carbocycles.